The summed E-state index contributed by atoms with van der Waals surface area (Å²) in [5.41, 5.74) is 1.66. The number of pyridine rings is 1. The van der Waals surface area contributed by atoms with Crippen LogP contribution in [0.3, 0.4) is 0 Å². The average molecular weight is 906 g/mol. The fourth-order valence-electron chi connectivity index (χ4n) is 6.64. The van der Waals surface area contributed by atoms with E-state index in [2.05, 4.69) is 43.5 Å². The summed E-state index contributed by atoms with van der Waals surface area (Å²) in [6.45, 7) is 6.44. The first-order valence-corrected chi connectivity index (χ1v) is 17.2. The van der Waals surface area contributed by atoms with Crippen molar-refractivity contribution in [2.45, 2.75) is 26.2 Å². The van der Waals surface area contributed by atoms with Gasteiger partial charge in [-0.3, -0.25) is 9.13 Å². The first-order valence-electron chi connectivity index (χ1n) is 22.2. The van der Waals surface area contributed by atoms with Crippen molar-refractivity contribution in [3.63, 3.8) is 0 Å². The minimum Gasteiger partial charge on any atom is -0.509 e. The third kappa shape index (κ3) is 6.64. The Hall–Kier alpha value is -6.23. The number of fused-ring (bicyclic) bond motifs is 3. The first kappa shape index (κ1) is 25.7. The molecule has 0 saturated heterocycles. The molecule has 3 heterocycles. The molecule has 9 rings (SSSR count). The average Bonchev–Trinajstić information content (AvgIpc) is 3.83. The molecule has 7 heteroatoms. The fourth-order valence-corrected chi connectivity index (χ4v) is 6.64. The van der Waals surface area contributed by atoms with E-state index in [0.717, 1.165) is 37.8 Å². The van der Waals surface area contributed by atoms with Gasteiger partial charge in [0, 0.05) is 46.7 Å². The number of para-hydroxylation sites is 2. The van der Waals surface area contributed by atoms with Crippen molar-refractivity contribution < 1.29 is 39.5 Å². The van der Waals surface area contributed by atoms with Gasteiger partial charge in [-0.05, 0) is 45.7 Å². The van der Waals surface area contributed by atoms with Crippen LogP contribution in [0, 0.1) is 12.1 Å². The van der Waals surface area contributed by atoms with E-state index >= 15 is 0 Å². The largest absolute Gasteiger partial charge is 2.00 e. The van der Waals surface area contributed by atoms with Crippen LogP contribution in [0.25, 0.3) is 61.3 Å². The molecule has 0 amide bonds. The molecule has 0 radical (unpaired) electrons. The summed E-state index contributed by atoms with van der Waals surface area (Å²) in [7, 11) is 0. The van der Waals surface area contributed by atoms with Gasteiger partial charge in [-0.15, -0.1) is 35.7 Å². The van der Waals surface area contributed by atoms with Crippen molar-refractivity contribution in [2.75, 3.05) is 0 Å². The van der Waals surface area contributed by atoms with Gasteiger partial charge in [0.2, 0.25) is 0 Å². The van der Waals surface area contributed by atoms with Gasteiger partial charge >= 0.3 is 26.8 Å². The van der Waals surface area contributed by atoms with Crippen LogP contribution in [0.1, 0.15) is 40.0 Å². The van der Waals surface area contributed by atoms with Gasteiger partial charge in [0.25, 0.3) is 0 Å². The maximum absolute atomic E-state index is 14.7. The summed E-state index contributed by atoms with van der Waals surface area (Å²) in [6.07, 6.45) is 4.63. The first-order chi connectivity index (χ1) is 30.5. The molecule has 55 heavy (non-hydrogen) atoms. The van der Waals surface area contributed by atoms with E-state index in [9.17, 15) is 4.79 Å². The van der Waals surface area contributed by atoms with E-state index in [1.54, 1.807) is 30.5 Å². The summed E-state index contributed by atoms with van der Waals surface area (Å²) in [6, 6.07) is 25.9. The van der Waals surface area contributed by atoms with E-state index in [0.29, 0.717) is 5.75 Å². The molecule has 0 saturated carbocycles. The van der Waals surface area contributed by atoms with Crippen LogP contribution >= 0.6 is 0 Å². The van der Waals surface area contributed by atoms with Gasteiger partial charge in [-0.2, -0.15) is 12.1 Å². The van der Waals surface area contributed by atoms with E-state index in [1.807, 2.05) is 36.4 Å². The standard InChI is InChI=1S/C48H36N4O2.Pt/c1-48(2,3)35-26-27-49-45(30-35)52-43-23-11-10-20-41(43)42-25-24-38(32-44(42)52)54-37-19-12-18-36(31-37)50-28-29-51(47(50)53)46-39(33-14-6-4-7-15-33)21-13-22-40(46)34-16-8-5-9-17-34;/h4-30H,1-3H3;/q-2;+2/i4D,5D,6D,7D,8D,9D,14D,15D,16D,17D;. The van der Waals surface area contributed by atoms with E-state index < -0.39 is 66.1 Å². The normalized spacial score (nSPS) is 14.0. The number of hydrogen-bond acceptors (Lipinski definition) is 3. The predicted octanol–water partition coefficient (Wildman–Crippen LogP) is 11.1. The number of aromatic nitrogens is 4. The van der Waals surface area contributed by atoms with Crippen molar-refractivity contribution in [3.05, 3.63) is 192 Å². The van der Waals surface area contributed by atoms with Crippen LogP contribution < -0.4 is 10.4 Å². The second kappa shape index (κ2) is 14.5. The van der Waals surface area contributed by atoms with Crippen LogP contribution in [0.15, 0.2) is 169 Å². The van der Waals surface area contributed by atoms with Crippen molar-refractivity contribution in [2.24, 2.45) is 0 Å². The Morgan fingerprint density at radius 2 is 1.35 bits per heavy atom. The van der Waals surface area contributed by atoms with Crippen LogP contribution in [0.5, 0.6) is 11.5 Å². The number of nitrogens with zero attached hydrogens (tertiary/aromatic N) is 4. The molecule has 0 N–H and O–H groups in total. The van der Waals surface area contributed by atoms with Gasteiger partial charge in [-0.1, -0.05) is 129 Å². The van der Waals surface area contributed by atoms with Crippen molar-refractivity contribution in [1.29, 1.82) is 0 Å². The van der Waals surface area contributed by atoms with Gasteiger partial charge in [0.05, 0.1) is 19.4 Å². The number of imidazole rings is 1. The number of benzene rings is 6. The quantitative estimate of drug-likeness (QED) is 0.150. The van der Waals surface area contributed by atoms with Gasteiger partial charge < -0.3 is 9.30 Å². The Morgan fingerprint density at radius 1 is 0.691 bits per heavy atom. The summed E-state index contributed by atoms with van der Waals surface area (Å²) < 4.78 is 96.0. The zero-order chi connectivity index (χ0) is 45.5. The zero-order valence-corrected chi connectivity index (χ0v) is 32.0. The SMILES string of the molecule is [2H]c1c([2H])c([2H])c(-c2cccc(-c3c([2H])c([2H])c([2H])c([2H])c3[2H])c2-n2ccn(-c3[c-]c(Oc4[c-]c5c(cc4)c4ccccc4n5-c4cc(C(C)(C)C)ccn4)ccc3)c2=O)c([2H])c1[2H].[Pt+2]. The number of rotatable bonds is 7. The van der Waals surface area contributed by atoms with Crippen molar-refractivity contribution in [1.82, 2.24) is 18.7 Å². The molecule has 0 bridgehead atoms. The second-order valence-electron chi connectivity index (χ2n) is 13.6. The molecule has 0 fully saturated rings. The van der Waals surface area contributed by atoms with Crippen LogP contribution in [-0.2, 0) is 26.5 Å². The molecule has 0 spiro atoms. The minimum atomic E-state index is -0.704. The maximum Gasteiger partial charge on any atom is 2.00 e. The van der Waals surface area contributed by atoms with Crippen LogP contribution in [0.4, 0.5) is 0 Å². The third-order valence-corrected chi connectivity index (χ3v) is 9.22. The Balaban J connectivity index is 0.00000576. The number of hydrogen-bond donors (Lipinski definition) is 0. The molecule has 0 atom stereocenters. The van der Waals surface area contributed by atoms with Crippen molar-refractivity contribution in [3.8, 4) is 50.9 Å². The minimum absolute atomic E-state index is 0. The number of ether oxygens (including phenoxy) is 1. The van der Waals surface area contributed by atoms with E-state index in [1.165, 1.54) is 35.2 Å². The molecule has 270 valence electrons. The molecule has 6 nitrogen and oxygen atoms in total. The molecule has 0 unspecified atom stereocenters. The molecule has 0 aliphatic heterocycles. The summed E-state index contributed by atoms with van der Waals surface area (Å²) in [5, 5.41) is 1.96. The Bertz CT molecular complexity index is 3320. The Kier molecular flexibility index (Phi) is 6.80. The van der Waals surface area contributed by atoms with Crippen molar-refractivity contribution >= 4 is 21.8 Å². The summed E-state index contributed by atoms with van der Waals surface area (Å²) in [4.78, 5) is 19.4. The zero-order valence-electron chi connectivity index (χ0n) is 39.7. The Labute approximate surface area is 348 Å². The molecule has 3 aromatic heterocycles. The van der Waals surface area contributed by atoms with Gasteiger partial charge in [0.1, 0.15) is 5.82 Å². The molecule has 0 aliphatic rings. The summed E-state index contributed by atoms with van der Waals surface area (Å²) in [5.74, 6) is 1.35. The van der Waals surface area contributed by atoms with Crippen LogP contribution in [-0.4, -0.2) is 18.7 Å². The molecule has 9 aromatic rings. The molecular formula is C48H36N4O2Pt. The monoisotopic (exact) mass is 905 g/mol. The smallest absolute Gasteiger partial charge is 0.509 e. The molecular weight excluding hydrogens is 860 g/mol. The van der Waals surface area contributed by atoms with Crippen LogP contribution in [0.2, 0.25) is 0 Å². The molecule has 6 aromatic carbocycles. The van der Waals surface area contributed by atoms with E-state index in [4.69, 9.17) is 23.4 Å². The second-order valence-corrected chi connectivity index (χ2v) is 13.6. The van der Waals surface area contributed by atoms with Gasteiger partial charge in [-0.25, -0.2) is 9.78 Å². The topological polar surface area (TPSA) is 54.0 Å². The van der Waals surface area contributed by atoms with Gasteiger partial charge in [0.15, 0.2) is 0 Å². The maximum atomic E-state index is 14.7. The van der Waals surface area contributed by atoms with E-state index in [-0.39, 0.29) is 65.9 Å². The Morgan fingerprint density at radius 3 is 2.05 bits per heavy atom. The predicted molar refractivity (Wildman–Crippen MR) is 217 cm³/mol. The third-order valence-electron chi connectivity index (χ3n) is 9.22. The summed E-state index contributed by atoms with van der Waals surface area (Å²) >= 11 is 0. The molecule has 0 aliphatic carbocycles. The fraction of sp³-hybridized carbons (Fsp3) is 0.0833.